The molecule has 0 radical (unpaired) electrons. The van der Waals surface area contributed by atoms with Crippen LogP contribution in [0.4, 0.5) is 0 Å². The normalized spacial score (nSPS) is 27.0. The van der Waals surface area contributed by atoms with Crippen LogP contribution in [-0.4, -0.2) is 28.4 Å². The van der Waals surface area contributed by atoms with E-state index in [9.17, 15) is 9.90 Å². The van der Waals surface area contributed by atoms with Gasteiger partial charge >= 0.3 is 0 Å². The molecule has 0 amide bonds. The first-order valence-corrected chi connectivity index (χ1v) is 3.59. The monoisotopic (exact) mass is 151 g/mol. The predicted molar refractivity (Wildman–Crippen MR) is 40.0 cm³/mol. The lowest BCUT2D eigenvalue weighted by atomic mass is 10.1. The molecule has 0 saturated carbocycles. The van der Waals surface area contributed by atoms with Crippen molar-refractivity contribution in [3.63, 3.8) is 0 Å². The Bertz CT molecular complexity index is 278. The zero-order valence-corrected chi connectivity index (χ0v) is 6.24. The van der Waals surface area contributed by atoms with E-state index in [2.05, 4.69) is 0 Å². The number of ketones is 1. The molecule has 0 spiro atoms. The number of nitrogens with zero attached hydrogens (tertiary/aromatic N) is 1. The summed E-state index contributed by atoms with van der Waals surface area (Å²) in [6.45, 7) is 2.30. The third-order valence-electron chi connectivity index (χ3n) is 2.03. The molecule has 1 fully saturated rings. The average molecular weight is 151 g/mol. The van der Waals surface area contributed by atoms with Crippen molar-refractivity contribution < 1.29 is 9.90 Å². The Labute approximate surface area is 64.6 Å². The highest BCUT2D eigenvalue weighted by atomic mass is 16.3. The average Bonchev–Trinajstić information content (AvgIpc) is 2.66. The van der Waals surface area contributed by atoms with Crippen molar-refractivity contribution >= 4 is 5.78 Å². The van der Waals surface area contributed by atoms with Crippen LogP contribution in [-0.2, 0) is 4.79 Å². The molecule has 1 atom stereocenters. The minimum Gasteiger partial charge on any atom is -0.494 e. The first kappa shape index (κ1) is 6.46. The van der Waals surface area contributed by atoms with Crippen LogP contribution in [0.5, 0.6) is 0 Å². The molecular formula is C8H9NO2. The molecule has 0 aromatic heterocycles. The van der Waals surface area contributed by atoms with Gasteiger partial charge in [-0.25, -0.2) is 0 Å². The Balaban J connectivity index is 2.37. The van der Waals surface area contributed by atoms with Crippen molar-refractivity contribution in [1.29, 1.82) is 0 Å². The maximum atomic E-state index is 10.9. The molecule has 0 aromatic carbocycles. The van der Waals surface area contributed by atoms with Gasteiger partial charge < -0.3 is 10.0 Å². The van der Waals surface area contributed by atoms with E-state index >= 15 is 0 Å². The van der Waals surface area contributed by atoms with Crippen molar-refractivity contribution in [1.82, 2.24) is 4.90 Å². The number of rotatable bonds is 1. The molecule has 0 bridgehead atoms. The molecule has 2 heterocycles. The van der Waals surface area contributed by atoms with Crippen molar-refractivity contribution in [2.75, 3.05) is 6.54 Å². The van der Waals surface area contributed by atoms with E-state index in [0.717, 1.165) is 6.54 Å². The molecule has 2 aliphatic heterocycles. The number of carbonyl (C=O) groups excluding carboxylic acids is 1. The van der Waals surface area contributed by atoms with Crippen LogP contribution < -0.4 is 0 Å². The van der Waals surface area contributed by atoms with Crippen molar-refractivity contribution in [2.45, 2.75) is 13.0 Å². The molecule has 2 rings (SSSR count). The van der Waals surface area contributed by atoms with Gasteiger partial charge in [-0.15, -0.1) is 0 Å². The second-order valence-electron chi connectivity index (χ2n) is 2.87. The second kappa shape index (κ2) is 1.87. The van der Waals surface area contributed by atoms with Gasteiger partial charge in [-0.1, -0.05) is 6.08 Å². The van der Waals surface area contributed by atoms with Gasteiger partial charge in [0.15, 0.2) is 11.7 Å². The molecular weight excluding hydrogens is 142 g/mol. The fraction of sp³-hybridized carbons (Fsp3) is 0.375. The molecule has 0 aromatic rings. The quantitative estimate of drug-likeness (QED) is 0.558. The molecule has 1 unspecified atom stereocenters. The lowest BCUT2D eigenvalue weighted by molar-refractivity contribution is -0.113. The Morgan fingerprint density at radius 1 is 1.82 bits per heavy atom. The Kier molecular flexibility index (Phi) is 1.10. The molecule has 11 heavy (non-hydrogen) atoms. The summed E-state index contributed by atoms with van der Waals surface area (Å²) in [7, 11) is 0. The van der Waals surface area contributed by atoms with Crippen molar-refractivity contribution in [3.8, 4) is 0 Å². The number of fused-ring (bicyclic) bond motifs is 1. The minimum absolute atomic E-state index is 0.0795. The summed E-state index contributed by atoms with van der Waals surface area (Å²) < 4.78 is 0. The van der Waals surface area contributed by atoms with E-state index in [1.54, 1.807) is 11.0 Å². The lowest BCUT2D eigenvalue weighted by Gasteiger charge is -2.09. The SMILES string of the molecule is CC(=O)C1=C(O)N2CC2C=C1. The molecule has 0 aliphatic carbocycles. The summed E-state index contributed by atoms with van der Waals surface area (Å²) in [5.74, 6) is 0.0640. The van der Waals surface area contributed by atoms with Crippen molar-refractivity contribution in [3.05, 3.63) is 23.6 Å². The zero-order chi connectivity index (χ0) is 8.01. The number of aliphatic hydroxyl groups is 1. The van der Waals surface area contributed by atoms with Gasteiger partial charge in [0.2, 0.25) is 0 Å². The highest BCUT2D eigenvalue weighted by Gasteiger charge is 2.38. The second-order valence-corrected chi connectivity index (χ2v) is 2.87. The fourth-order valence-corrected chi connectivity index (χ4v) is 1.27. The summed E-state index contributed by atoms with van der Waals surface area (Å²) in [5.41, 5.74) is 0.429. The standard InChI is InChI=1S/C8H9NO2/c1-5(10)7-3-2-6-4-9(6)8(7)11/h2-3,6,11H,4H2,1H3. The summed E-state index contributed by atoms with van der Waals surface area (Å²) in [4.78, 5) is 12.7. The smallest absolute Gasteiger partial charge is 0.198 e. The summed E-state index contributed by atoms with van der Waals surface area (Å²) >= 11 is 0. The molecule has 3 nitrogen and oxygen atoms in total. The molecule has 1 saturated heterocycles. The number of carbonyl (C=O) groups is 1. The number of aliphatic hydroxyl groups excluding tert-OH is 1. The van der Waals surface area contributed by atoms with E-state index in [4.69, 9.17) is 0 Å². The van der Waals surface area contributed by atoms with E-state index in [0.29, 0.717) is 11.6 Å². The van der Waals surface area contributed by atoms with Crippen LogP contribution in [0.25, 0.3) is 0 Å². The minimum atomic E-state index is -0.0795. The number of allylic oxidation sites excluding steroid dienone is 2. The number of hydrogen-bond donors (Lipinski definition) is 1. The Hall–Kier alpha value is -1.25. The van der Waals surface area contributed by atoms with Gasteiger partial charge in [-0.05, 0) is 13.0 Å². The van der Waals surface area contributed by atoms with Gasteiger partial charge in [0.05, 0.1) is 11.6 Å². The lowest BCUT2D eigenvalue weighted by Crippen LogP contribution is -2.11. The van der Waals surface area contributed by atoms with Gasteiger partial charge in [-0.2, -0.15) is 0 Å². The molecule has 3 heteroatoms. The molecule has 58 valence electrons. The first-order chi connectivity index (χ1) is 5.20. The molecule has 2 aliphatic rings. The number of Topliss-reactive ketones (excluding diaryl/α,β-unsaturated/α-hetero) is 1. The van der Waals surface area contributed by atoms with E-state index in [1.165, 1.54) is 6.92 Å². The van der Waals surface area contributed by atoms with E-state index in [1.807, 2.05) is 6.08 Å². The largest absolute Gasteiger partial charge is 0.494 e. The van der Waals surface area contributed by atoms with Gasteiger partial charge in [0.1, 0.15) is 0 Å². The maximum Gasteiger partial charge on any atom is 0.198 e. The number of hydrogen-bond acceptors (Lipinski definition) is 3. The summed E-state index contributed by atoms with van der Waals surface area (Å²) in [5, 5.41) is 9.38. The van der Waals surface area contributed by atoms with Gasteiger partial charge in [0, 0.05) is 6.54 Å². The van der Waals surface area contributed by atoms with Gasteiger partial charge in [0.25, 0.3) is 0 Å². The summed E-state index contributed by atoms with van der Waals surface area (Å²) in [6, 6.07) is 0.345. The predicted octanol–water partition coefficient (Wildman–Crippen LogP) is 0.599. The van der Waals surface area contributed by atoms with Crippen molar-refractivity contribution in [2.24, 2.45) is 0 Å². The van der Waals surface area contributed by atoms with Crippen LogP contribution >= 0.6 is 0 Å². The van der Waals surface area contributed by atoms with Gasteiger partial charge in [-0.3, -0.25) is 4.79 Å². The Morgan fingerprint density at radius 3 is 3.18 bits per heavy atom. The Morgan fingerprint density at radius 2 is 2.55 bits per heavy atom. The van der Waals surface area contributed by atoms with Crippen LogP contribution in [0.1, 0.15) is 6.92 Å². The summed E-state index contributed by atoms with van der Waals surface area (Å²) in [6.07, 6.45) is 3.64. The first-order valence-electron chi connectivity index (χ1n) is 3.59. The molecule has 1 N–H and O–H groups in total. The maximum absolute atomic E-state index is 10.9. The van der Waals surface area contributed by atoms with E-state index < -0.39 is 0 Å². The fourth-order valence-electron chi connectivity index (χ4n) is 1.27. The van der Waals surface area contributed by atoms with Crippen LogP contribution in [0.15, 0.2) is 23.6 Å². The highest BCUT2D eigenvalue weighted by Crippen LogP contribution is 2.30. The van der Waals surface area contributed by atoms with E-state index in [-0.39, 0.29) is 11.7 Å². The van der Waals surface area contributed by atoms with Crippen LogP contribution in [0, 0.1) is 0 Å². The van der Waals surface area contributed by atoms with Crippen LogP contribution in [0.2, 0.25) is 0 Å². The topological polar surface area (TPSA) is 40.3 Å². The van der Waals surface area contributed by atoms with Crippen LogP contribution in [0.3, 0.4) is 0 Å². The zero-order valence-electron chi connectivity index (χ0n) is 6.24. The third kappa shape index (κ3) is 0.843. The third-order valence-corrected chi connectivity index (χ3v) is 2.03. The highest BCUT2D eigenvalue weighted by molar-refractivity contribution is 5.96.